The maximum absolute atomic E-state index is 3.43. The predicted octanol–water partition coefficient (Wildman–Crippen LogP) is 1.78. The van der Waals surface area contributed by atoms with Crippen molar-refractivity contribution in [2.24, 2.45) is 0 Å². The maximum Gasteiger partial charge on any atom is 0.0110 e. The van der Waals surface area contributed by atoms with Crippen LogP contribution in [0.4, 0.5) is 0 Å². The minimum Gasteiger partial charge on any atom is -0.314 e. The van der Waals surface area contributed by atoms with Gasteiger partial charge in [-0.25, -0.2) is 0 Å². The lowest BCUT2D eigenvalue weighted by Crippen LogP contribution is -2.48. The Kier molecular flexibility index (Phi) is 4.02. The molecule has 1 aliphatic heterocycles. The summed E-state index contributed by atoms with van der Waals surface area (Å²) in [5, 5.41) is 3.43. The van der Waals surface area contributed by atoms with Crippen molar-refractivity contribution in [3.05, 3.63) is 12.2 Å². The first-order valence-electron chi connectivity index (χ1n) is 6.06. The van der Waals surface area contributed by atoms with Gasteiger partial charge in [-0.2, -0.15) is 0 Å². The van der Waals surface area contributed by atoms with Crippen molar-refractivity contribution in [2.75, 3.05) is 26.2 Å². The zero-order chi connectivity index (χ0) is 9.64. The van der Waals surface area contributed by atoms with E-state index in [-0.39, 0.29) is 0 Å². The third kappa shape index (κ3) is 2.82. The monoisotopic (exact) mass is 194 g/mol. The molecule has 2 nitrogen and oxygen atoms in total. The van der Waals surface area contributed by atoms with Crippen LogP contribution in [0.3, 0.4) is 0 Å². The zero-order valence-electron chi connectivity index (χ0n) is 9.04. The predicted molar refractivity (Wildman–Crippen MR) is 60.5 cm³/mol. The summed E-state index contributed by atoms with van der Waals surface area (Å²) in [4.78, 5) is 2.69. The summed E-state index contributed by atoms with van der Waals surface area (Å²) in [7, 11) is 0. The maximum atomic E-state index is 3.43. The second-order valence-electron chi connectivity index (χ2n) is 4.42. The van der Waals surface area contributed by atoms with Crippen LogP contribution in [0.25, 0.3) is 0 Å². The molecule has 0 aromatic carbocycles. The first-order valence-corrected chi connectivity index (χ1v) is 6.06. The average Bonchev–Trinajstić information content (AvgIpc) is 2.18. The molecule has 1 atom stereocenters. The molecular formula is C12H22N2. The van der Waals surface area contributed by atoms with E-state index < -0.39 is 0 Å². The van der Waals surface area contributed by atoms with E-state index in [0.717, 1.165) is 6.04 Å². The quantitative estimate of drug-likeness (QED) is 0.640. The molecule has 1 saturated heterocycles. The smallest absolute Gasteiger partial charge is 0.0110 e. The molecule has 0 saturated carbocycles. The van der Waals surface area contributed by atoms with Crippen LogP contribution in [0.2, 0.25) is 0 Å². The highest BCUT2D eigenvalue weighted by molar-refractivity contribution is 4.88. The van der Waals surface area contributed by atoms with Gasteiger partial charge in [-0.3, -0.25) is 4.90 Å². The topological polar surface area (TPSA) is 15.3 Å². The Balaban J connectivity index is 1.84. The largest absolute Gasteiger partial charge is 0.314 e. The highest BCUT2D eigenvalue weighted by Gasteiger charge is 2.19. The highest BCUT2D eigenvalue weighted by Crippen LogP contribution is 2.18. The normalized spacial score (nSPS) is 33.3. The molecule has 0 amide bonds. The van der Waals surface area contributed by atoms with Crippen LogP contribution >= 0.6 is 0 Å². The van der Waals surface area contributed by atoms with Crippen LogP contribution in [-0.4, -0.2) is 37.1 Å². The van der Waals surface area contributed by atoms with E-state index >= 15 is 0 Å². The van der Waals surface area contributed by atoms with Crippen LogP contribution in [0.1, 0.15) is 32.1 Å². The summed E-state index contributed by atoms with van der Waals surface area (Å²) in [6, 6.07) is 0.863. The minimum atomic E-state index is 0.863. The number of hydrogen-bond acceptors (Lipinski definition) is 2. The summed E-state index contributed by atoms with van der Waals surface area (Å²) in [5.41, 5.74) is 0. The number of hydrogen-bond donors (Lipinski definition) is 1. The van der Waals surface area contributed by atoms with Gasteiger partial charge < -0.3 is 5.32 Å². The van der Waals surface area contributed by atoms with Crippen molar-refractivity contribution in [3.63, 3.8) is 0 Å². The van der Waals surface area contributed by atoms with Gasteiger partial charge in [-0.1, -0.05) is 12.2 Å². The summed E-state index contributed by atoms with van der Waals surface area (Å²) >= 11 is 0. The lowest BCUT2D eigenvalue weighted by atomic mass is 9.99. The van der Waals surface area contributed by atoms with Gasteiger partial charge in [0.2, 0.25) is 0 Å². The van der Waals surface area contributed by atoms with Gasteiger partial charge in [-0.05, 0) is 32.1 Å². The Morgan fingerprint density at radius 2 is 1.79 bits per heavy atom. The Morgan fingerprint density at radius 3 is 2.64 bits per heavy atom. The number of nitrogens with one attached hydrogen (secondary N) is 1. The summed E-state index contributed by atoms with van der Waals surface area (Å²) < 4.78 is 0. The van der Waals surface area contributed by atoms with Crippen LogP contribution in [0, 0.1) is 0 Å². The van der Waals surface area contributed by atoms with E-state index in [0.29, 0.717) is 0 Å². The fourth-order valence-electron chi connectivity index (χ4n) is 2.55. The number of allylic oxidation sites excluding steroid dienone is 2. The molecule has 0 aromatic rings. The Hall–Kier alpha value is -0.340. The molecule has 1 heterocycles. The van der Waals surface area contributed by atoms with E-state index in [9.17, 15) is 0 Å². The van der Waals surface area contributed by atoms with Gasteiger partial charge in [0.15, 0.2) is 0 Å². The lowest BCUT2D eigenvalue weighted by Gasteiger charge is -2.35. The molecule has 1 aliphatic carbocycles. The molecule has 2 heteroatoms. The van der Waals surface area contributed by atoms with Crippen LogP contribution in [-0.2, 0) is 0 Å². The van der Waals surface area contributed by atoms with E-state index in [1.54, 1.807) is 0 Å². The number of piperazine rings is 1. The fraction of sp³-hybridized carbons (Fsp3) is 0.833. The second kappa shape index (κ2) is 5.52. The Labute approximate surface area is 87.4 Å². The van der Waals surface area contributed by atoms with Crippen LogP contribution in [0.5, 0.6) is 0 Å². The van der Waals surface area contributed by atoms with E-state index in [4.69, 9.17) is 0 Å². The number of rotatable bonds is 1. The summed E-state index contributed by atoms with van der Waals surface area (Å²) in [5.74, 6) is 0. The molecule has 0 radical (unpaired) electrons. The minimum absolute atomic E-state index is 0.863. The Bertz CT molecular complexity index is 183. The summed E-state index contributed by atoms with van der Waals surface area (Å²) in [6.45, 7) is 4.89. The molecule has 14 heavy (non-hydrogen) atoms. The highest BCUT2D eigenvalue weighted by atomic mass is 15.2. The SMILES string of the molecule is C1=C\CCC(N2CCNCC2)CCC/1. The van der Waals surface area contributed by atoms with Crippen molar-refractivity contribution in [1.82, 2.24) is 10.2 Å². The van der Waals surface area contributed by atoms with E-state index in [2.05, 4.69) is 22.4 Å². The van der Waals surface area contributed by atoms with Gasteiger partial charge in [0.05, 0.1) is 0 Å². The molecule has 0 aromatic heterocycles. The molecule has 0 spiro atoms. The first-order chi connectivity index (χ1) is 6.97. The lowest BCUT2D eigenvalue weighted by molar-refractivity contribution is 0.155. The molecule has 80 valence electrons. The third-order valence-electron chi connectivity index (χ3n) is 3.41. The summed E-state index contributed by atoms with van der Waals surface area (Å²) in [6.07, 6.45) is 11.5. The second-order valence-corrected chi connectivity index (χ2v) is 4.42. The van der Waals surface area contributed by atoms with Gasteiger partial charge in [0, 0.05) is 32.2 Å². The molecule has 0 bridgehead atoms. The van der Waals surface area contributed by atoms with Crippen LogP contribution in [0.15, 0.2) is 12.2 Å². The van der Waals surface area contributed by atoms with Crippen molar-refractivity contribution in [3.8, 4) is 0 Å². The van der Waals surface area contributed by atoms with Gasteiger partial charge in [0.25, 0.3) is 0 Å². The molecular weight excluding hydrogens is 172 g/mol. The molecule has 1 fully saturated rings. The average molecular weight is 194 g/mol. The van der Waals surface area contributed by atoms with Crippen molar-refractivity contribution in [2.45, 2.75) is 38.1 Å². The van der Waals surface area contributed by atoms with E-state index in [1.807, 2.05) is 0 Å². The molecule has 2 aliphatic rings. The Morgan fingerprint density at radius 1 is 1.00 bits per heavy atom. The van der Waals surface area contributed by atoms with Crippen LogP contribution < -0.4 is 5.32 Å². The van der Waals surface area contributed by atoms with Gasteiger partial charge >= 0.3 is 0 Å². The first kappa shape index (κ1) is 10.2. The number of nitrogens with zero attached hydrogens (tertiary/aromatic N) is 1. The molecule has 1 unspecified atom stereocenters. The fourth-order valence-corrected chi connectivity index (χ4v) is 2.55. The standard InChI is InChI=1S/C12H22N2/c1-2-4-6-12(7-5-3-1)14-10-8-13-9-11-14/h1-2,12-13H,3-11H2/b2-1-. The third-order valence-corrected chi connectivity index (χ3v) is 3.41. The molecule has 1 N–H and O–H groups in total. The molecule has 2 rings (SSSR count). The van der Waals surface area contributed by atoms with Crippen molar-refractivity contribution < 1.29 is 0 Å². The van der Waals surface area contributed by atoms with E-state index in [1.165, 1.54) is 58.3 Å². The van der Waals surface area contributed by atoms with Crippen molar-refractivity contribution in [1.29, 1.82) is 0 Å². The zero-order valence-corrected chi connectivity index (χ0v) is 9.04. The van der Waals surface area contributed by atoms with Crippen molar-refractivity contribution >= 4 is 0 Å². The van der Waals surface area contributed by atoms with Gasteiger partial charge in [-0.15, -0.1) is 0 Å². The van der Waals surface area contributed by atoms with Gasteiger partial charge in [0.1, 0.15) is 0 Å².